The molecule has 80 valence electrons. The van der Waals surface area contributed by atoms with Crippen molar-refractivity contribution in [2.75, 3.05) is 20.6 Å². The summed E-state index contributed by atoms with van der Waals surface area (Å²) in [4.78, 5) is 6.83. The van der Waals surface area contributed by atoms with Crippen molar-refractivity contribution in [1.82, 2.24) is 9.88 Å². The number of aromatic nitrogens is 1. The first-order valence-corrected chi connectivity index (χ1v) is 6.06. The van der Waals surface area contributed by atoms with Gasteiger partial charge in [-0.3, -0.25) is 0 Å². The number of nitrogens with zero attached hydrogens (tertiary/aromatic N) is 2. The average molecular weight is 220 g/mol. The van der Waals surface area contributed by atoms with Crippen LogP contribution in [-0.2, 0) is 6.42 Å². The van der Waals surface area contributed by atoms with Gasteiger partial charge < -0.3 is 4.90 Å². The highest BCUT2D eigenvalue weighted by Crippen LogP contribution is 2.22. The van der Waals surface area contributed by atoms with Gasteiger partial charge in [0.05, 0.1) is 15.2 Å². The predicted octanol–water partition coefficient (Wildman–Crippen LogP) is 2.79. The Labute approximate surface area is 94.6 Å². The molecule has 0 saturated carbocycles. The van der Waals surface area contributed by atoms with E-state index in [-0.39, 0.29) is 0 Å². The lowest BCUT2D eigenvalue weighted by molar-refractivity contribution is 0.400. The normalized spacial score (nSPS) is 11.4. The van der Waals surface area contributed by atoms with E-state index in [0.717, 1.165) is 18.5 Å². The minimum absolute atomic E-state index is 1.09. The summed E-state index contributed by atoms with van der Waals surface area (Å²) in [5, 5.41) is 1.26. The van der Waals surface area contributed by atoms with Gasteiger partial charge >= 0.3 is 0 Å². The third-order valence-corrected chi connectivity index (χ3v) is 3.43. The van der Waals surface area contributed by atoms with Gasteiger partial charge in [-0.1, -0.05) is 12.1 Å². The first kappa shape index (κ1) is 10.6. The SMILES string of the molecule is CN(C)CCCc1nc2ccccc2s1. The Morgan fingerprint density at radius 3 is 2.80 bits per heavy atom. The van der Waals surface area contributed by atoms with Gasteiger partial charge in [0.15, 0.2) is 0 Å². The molecule has 0 amide bonds. The first-order chi connectivity index (χ1) is 7.25. The largest absolute Gasteiger partial charge is 0.309 e. The molecular formula is C12H16N2S. The first-order valence-electron chi connectivity index (χ1n) is 5.25. The number of benzene rings is 1. The van der Waals surface area contributed by atoms with Crippen LogP contribution in [0.15, 0.2) is 24.3 Å². The van der Waals surface area contributed by atoms with E-state index < -0.39 is 0 Å². The van der Waals surface area contributed by atoms with Crippen LogP contribution in [0.2, 0.25) is 0 Å². The van der Waals surface area contributed by atoms with Crippen molar-refractivity contribution < 1.29 is 0 Å². The average Bonchev–Trinajstić information content (AvgIpc) is 2.59. The second-order valence-electron chi connectivity index (χ2n) is 3.98. The van der Waals surface area contributed by atoms with E-state index >= 15 is 0 Å². The fourth-order valence-electron chi connectivity index (χ4n) is 1.57. The zero-order chi connectivity index (χ0) is 10.7. The molecule has 2 rings (SSSR count). The minimum Gasteiger partial charge on any atom is -0.309 e. The molecule has 15 heavy (non-hydrogen) atoms. The second-order valence-corrected chi connectivity index (χ2v) is 5.10. The Morgan fingerprint density at radius 1 is 1.27 bits per heavy atom. The zero-order valence-corrected chi connectivity index (χ0v) is 10.0. The van der Waals surface area contributed by atoms with Crippen molar-refractivity contribution in [2.45, 2.75) is 12.8 Å². The maximum atomic E-state index is 4.61. The van der Waals surface area contributed by atoms with Crippen LogP contribution in [0.4, 0.5) is 0 Å². The maximum Gasteiger partial charge on any atom is 0.0939 e. The lowest BCUT2D eigenvalue weighted by Crippen LogP contribution is -2.13. The number of para-hydroxylation sites is 1. The van der Waals surface area contributed by atoms with Crippen LogP contribution in [0, 0.1) is 0 Å². The van der Waals surface area contributed by atoms with E-state index in [0.29, 0.717) is 0 Å². The molecule has 0 fully saturated rings. The lowest BCUT2D eigenvalue weighted by atomic mass is 10.3. The van der Waals surface area contributed by atoms with E-state index in [2.05, 4.69) is 42.2 Å². The van der Waals surface area contributed by atoms with Gasteiger partial charge in [-0.25, -0.2) is 4.98 Å². The molecule has 0 unspecified atom stereocenters. The molecule has 0 spiro atoms. The van der Waals surface area contributed by atoms with Crippen molar-refractivity contribution in [3.05, 3.63) is 29.3 Å². The van der Waals surface area contributed by atoms with Gasteiger partial charge in [0, 0.05) is 6.42 Å². The Kier molecular flexibility index (Phi) is 3.34. The van der Waals surface area contributed by atoms with E-state index in [4.69, 9.17) is 0 Å². The van der Waals surface area contributed by atoms with Gasteiger partial charge in [-0.05, 0) is 39.2 Å². The van der Waals surface area contributed by atoms with Crippen molar-refractivity contribution >= 4 is 21.6 Å². The molecule has 0 atom stereocenters. The van der Waals surface area contributed by atoms with Crippen LogP contribution in [0.3, 0.4) is 0 Å². The highest BCUT2D eigenvalue weighted by molar-refractivity contribution is 7.18. The maximum absolute atomic E-state index is 4.61. The Balaban J connectivity index is 2.03. The molecule has 0 aliphatic carbocycles. The van der Waals surface area contributed by atoms with E-state index in [1.165, 1.54) is 16.1 Å². The van der Waals surface area contributed by atoms with Crippen molar-refractivity contribution in [3.8, 4) is 0 Å². The molecule has 0 radical (unpaired) electrons. The topological polar surface area (TPSA) is 16.1 Å². The van der Waals surface area contributed by atoms with Crippen LogP contribution >= 0.6 is 11.3 Å². The van der Waals surface area contributed by atoms with E-state index in [9.17, 15) is 0 Å². The van der Waals surface area contributed by atoms with Crippen molar-refractivity contribution in [1.29, 1.82) is 0 Å². The standard InChI is InChI=1S/C12H16N2S/c1-14(2)9-5-8-12-13-10-6-3-4-7-11(10)15-12/h3-4,6-7H,5,8-9H2,1-2H3. The molecule has 0 saturated heterocycles. The van der Waals surface area contributed by atoms with Crippen LogP contribution in [0.5, 0.6) is 0 Å². The fourth-order valence-corrected chi connectivity index (χ4v) is 2.58. The van der Waals surface area contributed by atoms with E-state index in [1.807, 2.05) is 17.4 Å². The van der Waals surface area contributed by atoms with Gasteiger partial charge in [-0.2, -0.15) is 0 Å². The molecule has 1 aromatic heterocycles. The number of rotatable bonds is 4. The summed E-state index contributed by atoms with van der Waals surface area (Å²) in [6.45, 7) is 1.13. The Hall–Kier alpha value is -0.930. The summed E-state index contributed by atoms with van der Waals surface area (Å²) in [5.41, 5.74) is 1.14. The molecule has 1 aromatic carbocycles. The summed E-state index contributed by atoms with van der Waals surface area (Å²) in [6.07, 6.45) is 2.28. The molecular weight excluding hydrogens is 204 g/mol. The summed E-state index contributed by atoms with van der Waals surface area (Å²) in [7, 11) is 4.22. The smallest absolute Gasteiger partial charge is 0.0939 e. The highest BCUT2D eigenvalue weighted by atomic mass is 32.1. The lowest BCUT2D eigenvalue weighted by Gasteiger charge is -2.06. The number of aryl methyl sites for hydroxylation is 1. The van der Waals surface area contributed by atoms with Crippen LogP contribution in [0.1, 0.15) is 11.4 Å². The third kappa shape index (κ3) is 2.76. The number of hydrogen-bond acceptors (Lipinski definition) is 3. The Morgan fingerprint density at radius 2 is 2.07 bits per heavy atom. The van der Waals surface area contributed by atoms with Gasteiger partial charge in [0.1, 0.15) is 0 Å². The molecule has 2 nitrogen and oxygen atoms in total. The molecule has 0 bridgehead atoms. The van der Waals surface area contributed by atoms with Crippen molar-refractivity contribution in [2.24, 2.45) is 0 Å². The van der Waals surface area contributed by atoms with Gasteiger partial charge in [-0.15, -0.1) is 11.3 Å². The highest BCUT2D eigenvalue weighted by Gasteiger charge is 2.02. The second kappa shape index (κ2) is 4.73. The fraction of sp³-hybridized carbons (Fsp3) is 0.417. The number of fused-ring (bicyclic) bond motifs is 1. The summed E-state index contributed by atoms with van der Waals surface area (Å²) in [5.74, 6) is 0. The van der Waals surface area contributed by atoms with Crippen LogP contribution < -0.4 is 0 Å². The van der Waals surface area contributed by atoms with Gasteiger partial charge in [0.2, 0.25) is 0 Å². The van der Waals surface area contributed by atoms with Gasteiger partial charge in [0.25, 0.3) is 0 Å². The Bertz CT molecular complexity index is 401. The van der Waals surface area contributed by atoms with Crippen LogP contribution in [0.25, 0.3) is 10.2 Å². The van der Waals surface area contributed by atoms with Crippen LogP contribution in [-0.4, -0.2) is 30.5 Å². The number of thiazole rings is 1. The monoisotopic (exact) mass is 220 g/mol. The third-order valence-electron chi connectivity index (χ3n) is 2.33. The molecule has 1 heterocycles. The summed E-state index contributed by atoms with van der Waals surface area (Å²) in [6, 6.07) is 8.35. The summed E-state index contributed by atoms with van der Waals surface area (Å²) < 4.78 is 1.30. The quantitative estimate of drug-likeness (QED) is 0.787. The minimum atomic E-state index is 1.09. The molecule has 0 aliphatic rings. The number of hydrogen-bond donors (Lipinski definition) is 0. The molecule has 0 aliphatic heterocycles. The summed E-state index contributed by atoms with van der Waals surface area (Å²) >= 11 is 1.82. The predicted molar refractivity (Wildman–Crippen MR) is 66.5 cm³/mol. The molecule has 2 aromatic rings. The zero-order valence-electron chi connectivity index (χ0n) is 9.23. The van der Waals surface area contributed by atoms with Crippen molar-refractivity contribution in [3.63, 3.8) is 0 Å². The van der Waals surface area contributed by atoms with E-state index in [1.54, 1.807) is 0 Å². The molecule has 0 N–H and O–H groups in total. The molecule has 3 heteroatoms.